The second-order valence-electron chi connectivity index (χ2n) is 5.22. The maximum Gasteiger partial charge on any atom is 0.293 e. The van der Waals surface area contributed by atoms with Gasteiger partial charge in [0.1, 0.15) is 5.75 Å². The van der Waals surface area contributed by atoms with Crippen LogP contribution in [0.2, 0.25) is 0 Å². The lowest BCUT2D eigenvalue weighted by molar-refractivity contribution is -0.387. The molecule has 9 nitrogen and oxygen atoms in total. The van der Waals surface area contributed by atoms with E-state index in [1.165, 1.54) is 24.5 Å². The average Bonchev–Trinajstić information content (AvgIpc) is 3.00. The molecular weight excluding hydrogens is 382 g/mol. The van der Waals surface area contributed by atoms with Crippen LogP contribution in [0.5, 0.6) is 5.75 Å². The highest BCUT2D eigenvalue weighted by Gasteiger charge is 2.27. The lowest BCUT2D eigenvalue weighted by atomic mass is 10.2. The number of amides is 1. The van der Waals surface area contributed by atoms with Crippen molar-refractivity contribution in [1.29, 1.82) is 0 Å². The molecule has 0 atom stereocenters. The molecule has 0 unspecified atom stereocenters. The van der Waals surface area contributed by atoms with Crippen molar-refractivity contribution in [3.8, 4) is 5.75 Å². The SMILES string of the molecule is CCc1sc(C(=O)NNS(=O)(=O)c2ccc(OC)cc2[N+](=O)[O-])cc1C. The molecule has 0 spiro atoms. The number of benzene rings is 1. The lowest BCUT2D eigenvalue weighted by Crippen LogP contribution is -2.41. The third kappa shape index (κ3) is 4.18. The molecule has 1 amide bonds. The van der Waals surface area contributed by atoms with E-state index < -0.39 is 31.4 Å². The first kappa shape index (κ1) is 19.8. The molecule has 0 aliphatic rings. The summed E-state index contributed by atoms with van der Waals surface area (Å²) in [5.74, 6) is -0.501. The van der Waals surface area contributed by atoms with Crippen molar-refractivity contribution in [2.24, 2.45) is 0 Å². The number of hydrogen-bond donors (Lipinski definition) is 2. The van der Waals surface area contributed by atoms with Gasteiger partial charge in [-0.3, -0.25) is 20.3 Å². The molecule has 0 aliphatic carbocycles. The smallest absolute Gasteiger partial charge is 0.293 e. The van der Waals surface area contributed by atoms with E-state index >= 15 is 0 Å². The molecule has 26 heavy (non-hydrogen) atoms. The summed E-state index contributed by atoms with van der Waals surface area (Å²) in [6.07, 6.45) is 0.757. The Morgan fingerprint density at radius 1 is 1.35 bits per heavy atom. The average molecular weight is 399 g/mol. The van der Waals surface area contributed by atoms with Crippen molar-refractivity contribution in [1.82, 2.24) is 10.3 Å². The fourth-order valence-electron chi connectivity index (χ4n) is 2.21. The Hall–Kier alpha value is -2.50. The molecule has 2 rings (SSSR count). The zero-order chi connectivity index (χ0) is 19.5. The van der Waals surface area contributed by atoms with Crippen molar-refractivity contribution in [3.05, 3.63) is 49.7 Å². The van der Waals surface area contributed by atoms with Crippen LogP contribution in [0.4, 0.5) is 5.69 Å². The second kappa shape index (κ2) is 7.81. The summed E-state index contributed by atoms with van der Waals surface area (Å²) >= 11 is 1.26. The van der Waals surface area contributed by atoms with Gasteiger partial charge in [0, 0.05) is 4.88 Å². The van der Waals surface area contributed by atoms with Crippen LogP contribution in [0, 0.1) is 17.0 Å². The third-order valence-electron chi connectivity index (χ3n) is 3.52. The highest BCUT2D eigenvalue weighted by molar-refractivity contribution is 7.89. The van der Waals surface area contributed by atoms with Gasteiger partial charge in [-0.1, -0.05) is 6.92 Å². The van der Waals surface area contributed by atoms with Crippen LogP contribution in [0.15, 0.2) is 29.2 Å². The number of sulfonamides is 1. The van der Waals surface area contributed by atoms with Crippen LogP contribution in [-0.2, 0) is 16.4 Å². The van der Waals surface area contributed by atoms with Crippen molar-refractivity contribution in [2.45, 2.75) is 25.2 Å². The number of thiophene rings is 1. The van der Waals surface area contributed by atoms with Crippen molar-refractivity contribution < 1.29 is 22.9 Å². The number of nitro benzene ring substituents is 1. The van der Waals surface area contributed by atoms with Gasteiger partial charge in [0.05, 0.1) is 23.0 Å². The first-order valence-corrected chi connectivity index (χ1v) is 9.73. The van der Waals surface area contributed by atoms with Crippen LogP contribution in [0.25, 0.3) is 0 Å². The number of nitro groups is 1. The monoisotopic (exact) mass is 399 g/mol. The van der Waals surface area contributed by atoms with Crippen molar-refractivity contribution >= 4 is 33.0 Å². The highest BCUT2D eigenvalue weighted by Crippen LogP contribution is 2.28. The molecular formula is C15H17N3O6S2. The van der Waals surface area contributed by atoms with Gasteiger partial charge >= 0.3 is 0 Å². The van der Waals surface area contributed by atoms with Gasteiger partial charge in [-0.2, -0.15) is 0 Å². The van der Waals surface area contributed by atoms with E-state index in [-0.39, 0.29) is 5.75 Å². The Labute approximate surface area is 154 Å². The number of nitrogens with zero attached hydrogens (tertiary/aromatic N) is 1. The molecule has 0 aliphatic heterocycles. The summed E-state index contributed by atoms with van der Waals surface area (Å²) in [5, 5.41) is 11.1. The normalized spacial score (nSPS) is 11.2. The quantitative estimate of drug-likeness (QED) is 0.542. The highest BCUT2D eigenvalue weighted by atomic mass is 32.2. The first-order valence-electron chi connectivity index (χ1n) is 7.43. The first-order chi connectivity index (χ1) is 12.2. The predicted molar refractivity (Wildman–Crippen MR) is 95.9 cm³/mol. The zero-order valence-corrected chi connectivity index (χ0v) is 15.9. The van der Waals surface area contributed by atoms with Gasteiger partial charge < -0.3 is 4.74 Å². The third-order valence-corrected chi connectivity index (χ3v) is 6.19. The molecule has 140 valence electrons. The molecule has 2 aromatic rings. The second-order valence-corrected chi connectivity index (χ2v) is 8.01. The maximum atomic E-state index is 12.4. The molecule has 1 aromatic heterocycles. The molecule has 0 saturated carbocycles. The van der Waals surface area contributed by atoms with Crippen LogP contribution in [0.1, 0.15) is 27.0 Å². The minimum absolute atomic E-state index is 0.140. The van der Waals surface area contributed by atoms with Gasteiger partial charge in [0.15, 0.2) is 4.90 Å². The van der Waals surface area contributed by atoms with Gasteiger partial charge in [-0.15, -0.1) is 16.2 Å². The largest absolute Gasteiger partial charge is 0.497 e. The number of carbonyl (C=O) groups excluding carboxylic acids is 1. The van der Waals surface area contributed by atoms with Crippen molar-refractivity contribution in [3.63, 3.8) is 0 Å². The fourth-order valence-corrected chi connectivity index (χ4v) is 4.21. The fraction of sp³-hybridized carbons (Fsp3) is 0.267. The van der Waals surface area contributed by atoms with E-state index in [2.05, 4.69) is 5.43 Å². The van der Waals surface area contributed by atoms with Crippen LogP contribution in [0.3, 0.4) is 0 Å². The van der Waals surface area contributed by atoms with E-state index in [0.29, 0.717) is 4.88 Å². The number of hydrogen-bond acceptors (Lipinski definition) is 7. The number of methoxy groups -OCH3 is 1. The number of aryl methyl sites for hydroxylation is 2. The van der Waals surface area contributed by atoms with Crippen LogP contribution >= 0.6 is 11.3 Å². The molecule has 0 radical (unpaired) electrons. The van der Waals surface area contributed by atoms with E-state index in [1.54, 1.807) is 6.07 Å². The molecule has 0 bridgehead atoms. The molecule has 1 heterocycles. The number of hydrazine groups is 1. The summed E-state index contributed by atoms with van der Waals surface area (Å²) in [7, 11) is -3.04. The number of ether oxygens (including phenoxy) is 1. The molecule has 0 fully saturated rings. The molecule has 0 saturated heterocycles. The summed E-state index contributed by atoms with van der Waals surface area (Å²) in [4.78, 5) is 25.1. The maximum absolute atomic E-state index is 12.4. The zero-order valence-electron chi connectivity index (χ0n) is 14.2. The van der Waals surface area contributed by atoms with Crippen LogP contribution in [-0.4, -0.2) is 26.4 Å². The van der Waals surface area contributed by atoms with Crippen LogP contribution < -0.4 is 15.0 Å². The lowest BCUT2D eigenvalue weighted by Gasteiger charge is -2.09. The molecule has 11 heteroatoms. The van der Waals surface area contributed by atoms with Gasteiger partial charge in [-0.05, 0) is 37.1 Å². The Bertz CT molecular complexity index is 952. The summed E-state index contributed by atoms with van der Waals surface area (Å²) in [6, 6.07) is 4.96. The van der Waals surface area contributed by atoms with Crippen molar-refractivity contribution in [2.75, 3.05) is 7.11 Å². The molecule has 1 aromatic carbocycles. The Morgan fingerprint density at radius 2 is 2.04 bits per heavy atom. The summed E-state index contributed by atoms with van der Waals surface area (Å²) < 4.78 is 29.6. The topological polar surface area (TPSA) is 128 Å². The summed E-state index contributed by atoms with van der Waals surface area (Å²) in [6.45, 7) is 3.81. The number of nitrogens with one attached hydrogen (secondary N) is 2. The minimum Gasteiger partial charge on any atom is -0.497 e. The van der Waals surface area contributed by atoms with E-state index in [4.69, 9.17) is 4.74 Å². The van der Waals surface area contributed by atoms with E-state index in [0.717, 1.165) is 29.0 Å². The predicted octanol–water partition coefficient (Wildman–Crippen LogP) is 2.16. The number of rotatable bonds is 7. The molecule has 2 N–H and O–H groups in total. The van der Waals surface area contributed by atoms with Gasteiger partial charge in [-0.25, -0.2) is 8.42 Å². The van der Waals surface area contributed by atoms with Gasteiger partial charge in [0.2, 0.25) is 0 Å². The Kier molecular flexibility index (Phi) is 5.95. The van der Waals surface area contributed by atoms with Gasteiger partial charge in [0.25, 0.3) is 21.6 Å². The minimum atomic E-state index is -4.35. The summed E-state index contributed by atoms with van der Waals surface area (Å²) in [5.41, 5.74) is 2.36. The van der Waals surface area contributed by atoms with E-state index in [9.17, 15) is 23.3 Å². The standard InChI is InChI=1S/C15H17N3O6S2/c1-4-12-9(2)7-13(25-12)15(19)16-17-26(22,23)14-6-5-10(24-3)8-11(14)18(20)21/h5-8,17H,4H2,1-3H3,(H,16,19). The Balaban J connectivity index is 2.23. The Morgan fingerprint density at radius 3 is 2.58 bits per heavy atom. The number of carbonyl (C=O) groups is 1. The van der Waals surface area contributed by atoms with E-state index in [1.807, 2.05) is 18.7 Å².